The van der Waals surface area contributed by atoms with Gasteiger partial charge in [0.1, 0.15) is 11.6 Å². The van der Waals surface area contributed by atoms with Crippen molar-refractivity contribution in [2.24, 2.45) is 0 Å². The van der Waals surface area contributed by atoms with Crippen molar-refractivity contribution in [1.82, 2.24) is 20.3 Å². The van der Waals surface area contributed by atoms with Gasteiger partial charge in [0.25, 0.3) is 5.91 Å². The number of carbonyl (C=O) groups excluding carboxylic acids is 1. The molecule has 0 aliphatic carbocycles. The third-order valence-electron chi connectivity index (χ3n) is 4.47. The Morgan fingerprint density at radius 2 is 2.12 bits per heavy atom. The molecule has 4 aromatic rings. The Morgan fingerprint density at radius 3 is 2.91 bits per heavy atom. The smallest absolute Gasteiger partial charge is 0.255 e. The van der Waals surface area contributed by atoms with Gasteiger partial charge in [-0.2, -0.15) is 0 Å². The number of furan rings is 1. The molecule has 10 heteroatoms. The first-order valence-corrected chi connectivity index (χ1v) is 9.81. The Hall–Kier alpha value is -3.98. The number of carbonyl (C=O) groups is 1. The van der Waals surface area contributed by atoms with Crippen LogP contribution in [0, 0.1) is 5.82 Å². The molecular formula is C22H17ClFN5O3. The lowest BCUT2D eigenvalue weighted by atomic mass is 10.2. The van der Waals surface area contributed by atoms with Gasteiger partial charge in [0.15, 0.2) is 17.4 Å². The highest BCUT2D eigenvalue weighted by atomic mass is 35.5. The third kappa shape index (κ3) is 4.68. The second kappa shape index (κ2) is 9.44. The number of halogens is 2. The number of nitrogens with zero attached hydrogens (tertiary/aromatic N) is 3. The number of hydrogen-bond donors (Lipinski definition) is 2. The van der Waals surface area contributed by atoms with Gasteiger partial charge in [0.05, 0.1) is 42.9 Å². The number of aromatic nitrogens is 3. The summed E-state index contributed by atoms with van der Waals surface area (Å²) in [5.41, 5.74) is 0.830. The van der Waals surface area contributed by atoms with Gasteiger partial charge in [-0.05, 0) is 36.4 Å². The third-order valence-corrected chi connectivity index (χ3v) is 4.70. The predicted molar refractivity (Wildman–Crippen MR) is 116 cm³/mol. The van der Waals surface area contributed by atoms with E-state index in [9.17, 15) is 9.18 Å². The summed E-state index contributed by atoms with van der Waals surface area (Å²) in [4.78, 5) is 25.3. The van der Waals surface area contributed by atoms with Crippen LogP contribution in [0.25, 0.3) is 11.4 Å². The minimum atomic E-state index is -0.521. The van der Waals surface area contributed by atoms with Crippen LogP contribution in [0.3, 0.4) is 0 Å². The molecule has 0 atom stereocenters. The van der Waals surface area contributed by atoms with Gasteiger partial charge in [-0.1, -0.05) is 11.6 Å². The number of rotatable bonds is 7. The first-order valence-electron chi connectivity index (χ1n) is 9.43. The topological polar surface area (TPSA) is 102 Å². The van der Waals surface area contributed by atoms with Gasteiger partial charge >= 0.3 is 0 Å². The summed E-state index contributed by atoms with van der Waals surface area (Å²) in [5.74, 6) is 0.366. The van der Waals surface area contributed by atoms with Crippen molar-refractivity contribution in [3.63, 3.8) is 0 Å². The minimum absolute atomic E-state index is 0.103. The first kappa shape index (κ1) is 21.3. The maximum Gasteiger partial charge on any atom is 0.255 e. The Bertz CT molecular complexity index is 1250. The number of anilines is 2. The molecule has 2 N–H and O–H groups in total. The van der Waals surface area contributed by atoms with Crippen LogP contribution >= 0.6 is 11.6 Å². The summed E-state index contributed by atoms with van der Waals surface area (Å²) >= 11 is 6.00. The summed E-state index contributed by atoms with van der Waals surface area (Å²) in [5, 5.41) is 6.17. The summed E-state index contributed by atoms with van der Waals surface area (Å²) in [6, 6.07) is 9.22. The van der Waals surface area contributed by atoms with E-state index in [1.807, 2.05) is 0 Å². The molecule has 1 aromatic carbocycles. The fourth-order valence-corrected chi connectivity index (χ4v) is 3.07. The zero-order valence-corrected chi connectivity index (χ0v) is 17.6. The minimum Gasteiger partial charge on any atom is -0.491 e. The fourth-order valence-electron chi connectivity index (χ4n) is 2.90. The number of nitrogens with one attached hydrogen (secondary N) is 2. The number of pyridine rings is 1. The molecule has 8 nitrogen and oxygen atoms in total. The molecule has 0 saturated heterocycles. The Morgan fingerprint density at radius 1 is 1.25 bits per heavy atom. The molecule has 0 aliphatic heterocycles. The molecule has 1 amide bonds. The Labute approximate surface area is 187 Å². The average Bonchev–Trinajstić information content (AvgIpc) is 3.33. The molecule has 32 heavy (non-hydrogen) atoms. The van der Waals surface area contributed by atoms with Crippen LogP contribution in [0.2, 0.25) is 5.02 Å². The highest BCUT2D eigenvalue weighted by molar-refractivity contribution is 6.30. The van der Waals surface area contributed by atoms with Crippen LogP contribution < -0.4 is 15.4 Å². The van der Waals surface area contributed by atoms with E-state index >= 15 is 0 Å². The van der Waals surface area contributed by atoms with Crippen LogP contribution in [0.1, 0.15) is 16.1 Å². The normalized spacial score (nSPS) is 10.6. The summed E-state index contributed by atoms with van der Waals surface area (Å²) < 4.78 is 24.9. The molecule has 0 bridgehead atoms. The second-order valence-corrected chi connectivity index (χ2v) is 6.98. The van der Waals surface area contributed by atoms with Crippen LogP contribution in [0.15, 0.2) is 65.7 Å². The molecule has 4 rings (SSSR count). The van der Waals surface area contributed by atoms with Crippen LogP contribution in [0.5, 0.6) is 5.75 Å². The average molecular weight is 454 g/mol. The van der Waals surface area contributed by atoms with Crippen molar-refractivity contribution in [3.05, 3.63) is 83.4 Å². The largest absolute Gasteiger partial charge is 0.491 e. The van der Waals surface area contributed by atoms with Gasteiger partial charge in [0.2, 0.25) is 0 Å². The maximum absolute atomic E-state index is 14.3. The lowest BCUT2D eigenvalue weighted by molar-refractivity contribution is 0.0948. The zero-order chi connectivity index (χ0) is 22.5. The molecule has 0 radical (unpaired) electrons. The van der Waals surface area contributed by atoms with Crippen molar-refractivity contribution in [2.45, 2.75) is 6.54 Å². The fraction of sp³-hybridized carbons (Fsp3) is 0.0909. The number of hydrogen-bond acceptors (Lipinski definition) is 7. The van der Waals surface area contributed by atoms with Crippen LogP contribution in [-0.2, 0) is 6.54 Å². The van der Waals surface area contributed by atoms with Gasteiger partial charge in [0, 0.05) is 17.4 Å². The van der Waals surface area contributed by atoms with Crippen molar-refractivity contribution in [2.75, 3.05) is 12.4 Å². The van der Waals surface area contributed by atoms with Crippen molar-refractivity contribution in [3.8, 4) is 17.1 Å². The molecule has 0 aliphatic rings. The van der Waals surface area contributed by atoms with Gasteiger partial charge in [-0.25, -0.2) is 14.4 Å². The van der Waals surface area contributed by atoms with E-state index in [0.717, 1.165) is 0 Å². The monoisotopic (exact) mass is 453 g/mol. The molecular weight excluding hydrogens is 437 g/mol. The highest BCUT2D eigenvalue weighted by Gasteiger charge is 2.17. The van der Waals surface area contributed by atoms with Gasteiger partial charge in [-0.15, -0.1) is 0 Å². The lowest BCUT2D eigenvalue weighted by Crippen LogP contribution is -2.23. The lowest BCUT2D eigenvalue weighted by Gasteiger charge is -2.14. The second-order valence-electron chi connectivity index (χ2n) is 6.54. The van der Waals surface area contributed by atoms with E-state index in [2.05, 4.69) is 25.6 Å². The quantitative estimate of drug-likeness (QED) is 0.421. The standard InChI is InChI=1S/C22H17ClFN5O3/c1-31-19-12-26-20(15-9-13(23)4-5-17(15)24)29-21(19)28-18-6-7-25-11-16(18)22(30)27-10-14-3-2-8-32-14/h2-9,11-12H,10H2,1H3,(H,27,30)(H,25,26,28,29). The molecule has 0 fully saturated rings. The van der Waals surface area contributed by atoms with E-state index in [-0.39, 0.29) is 35.2 Å². The van der Waals surface area contributed by atoms with E-state index in [1.54, 1.807) is 18.2 Å². The SMILES string of the molecule is COc1cnc(-c2cc(Cl)ccc2F)nc1Nc1ccncc1C(=O)NCc1ccco1. The van der Waals surface area contributed by atoms with Crippen LogP contribution in [-0.4, -0.2) is 28.0 Å². The maximum atomic E-state index is 14.3. The molecule has 0 saturated carbocycles. The number of amides is 1. The van der Waals surface area contributed by atoms with E-state index in [4.69, 9.17) is 20.8 Å². The van der Waals surface area contributed by atoms with Crippen LogP contribution in [0.4, 0.5) is 15.9 Å². The summed E-state index contributed by atoms with van der Waals surface area (Å²) in [6.07, 6.45) is 5.88. The predicted octanol–water partition coefficient (Wildman–Crippen LogP) is 4.61. The molecule has 3 aromatic heterocycles. The first-order chi connectivity index (χ1) is 15.5. The van der Waals surface area contributed by atoms with Gasteiger partial charge in [-0.3, -0.25) is 9.78 Å². The molecule has 162 valence electrons. The summed E-state index contributed by atoms with van der Waals surface area (Å²) in [7, 11) is 1.45. The number of ether oxygens (including phenoxy) is 1. The number of methoxy groups -OCH3 is 1. The van der Waals surface area contributed by atoms with Crippen molar-refractivity contribution < 1.29 is 18.3 Å². The molecule has 0 spiro atoms. The summed E-state index contributed by atoms with van der Waals surface area (Å²) in [6.45, 7) is 0.217. The molecule has 3 heterocycles. The Balaban J connectivity index is 1.64. The van der Waals surface area contributed by atoms with E-state index in [1.165, 1.54) is 50.2 Å². The van der Waals surface area contributed by atoms with Gasteiger partial charge < -0.3 is 19.8 Å². The van der Waals surface area contributed by atoms with E-state index < -0.39 is 5.82 Å². The Kier molecular flexibility index (Phi) is 6.27. The van der Waals surface area contributed by atoms with E-state index in [0.29, 0.717) is 22.2 Å². The highest BCUT2D eigenvalue weighted by Crippen LogP contribution is 2.30. The van der Waals surface area contributed by atoms with Crippen molar-refractivity contribution in [1.29, 1.82) is 0 Å². The zero-order valence-electron chi connectivity index (χ0n) is 16.8. The number of benzene rings is 1. The molecule has 0 unspecified atom stereocenters. The van der Waals surface area contributed by atoms with Crippen molar-refractivity contribution >= 4 is 29.0 Å².